The van der Waals surface area contributed by atoms with E-state index in [0.717, 1.165) is 44.2 Å². The first-order valence-electron chi connectivity index (χ1n) is 14.3. The van der Waals surface area contributed by atoms with Crippen LogP contribution >= 0.6 is 0 Å². The third kappa shape index (κ3) is 6.28. The minimum absolute atomic E-state index is 0.0678. The highest BCUT2D eigenvalue weighted by atomic mass is 16.7. The number of rotatable bonds is 10. The van der Waals surface area contributed by atoms with Crippen molar-refractivity contribution >= 4 is 34.6 Å². The molecule has 10 heteroatoms. The molecular formula is C31H37N7O3. The molecule has 3 heterocycles. The Kier molecular flexibility index (Phi) is 8.02. The largest absolute Gasteiger partial charge is 0.494 e. The van der Waals surface area contributed by atoms with Gasteiger partial charge in [-0.3, -0.25) is 14.5 Å². The summed E-state index contributed by atoms with van der Waals surface area (Å²) in [7, 11) is 1.65. The summed E-state index contributed by atoms with van der Waals surface area (Å²) in [6.45, 7) is 9.20. The summed E-state index contributed by atoms with van der Waals surface area (Å²) < 4.78 is 5.81. The van der Waals surface area contributed by atoms with E-state index in [0.29, 0.717) is 35.4 Å². The molecule has 1 aliphatic carbocycles. The summed E-state index contributed by atoms with van der Waals surface area (Å²) in [6, 6.07) is 16.1. The first kappa shape index (κ1) is 27.0. The maximum Gasteiger partial charge on any atom is 0.247 e. The number of aromatic nitrogens is 2. The van der Waals surface area contributed by atoms with Crippen LogP contribution in [-0.2, 0) is 9.63 Å². The van der Waals surface area contributed by atoms with Crippen LogP contribution < -0.4 is 25.3 Å². The van der Waals surface area contributed by atoms with E-state index in [1.54, 1.807) is 7.11 Å². The molecule has 1 aromatic heterocycles. The Morgan fingerprint density at radius 1 is 1.07 bits per heavy atom. The van der Waals surface area contributed by atoms with Crippen molar-refractivity contribution in [2.45, 2.75) is 25.3 Å². The number of anilines is 5. The number of nitrogens with zero attached hydrogens (tertiary/aromatic N) is 5. The van der Waals surface area contributed by atoms with Crippen molar-refractivity contribution in [3.05, 3.63) is 73.1 Å². The summed E-state index contributed by atoms with van der Waals surface area (Å²) in [4.78, 5) is 32.2. The number of carbonyl (C=O) groups is 1. The van der Waals surface area contributed by atoms with Gasteiger partial charge < -0.3 is 20.3 Å². The molecule has 2 aromatic carbocycles. The molecule has 0 spiro atoms. The summed E-state index contributed by atoms with van der Waals surface area (Å²) in [5.74, 6) is 2.50. The topological polar surface area (TPSA) is 95.1 Å². The van der Waals surface area contributed by atoms with Crippen LogP contribution in [0.15, 0.2) is 67.5 Å². The Bertz CT molecular complexity index is 1370. The van der Waals surface area contributed by atoms with Crippen molar-refractivity contribution in [3.63, 3.8) is 0 Å². The second kappa shape index (κ2) is 12.2. The van der Waals surface area contributed by atoms with Gasteiger partial charge in [-0.15, -0.1) is 0 Å². The molecule has 2 aliphatic heterocycles. The third-order valence-electron chi connectivity index (χ3n) is 7.92. The zero-order chi connectivity index (χ0) is 28.2. The number of benzene rings is 2. The number of piperazine rings is 1. The van der Waals surface area contributed by atoms with E-state index in [1.807, 2.05) is 41.5 Å². The predicted octanol–water partition coefficient (Wildman–Crippen LogP) is 4.77. The van der Waals surface area contributed by atoms with E-state index in [-0.39, 0.29) is 11.9 Å². The van der Waals surface area contributed by atoms with Crippen LogP contribution in [0, 0.1) is 5.92 Å². The predicted molar refractivity (Wildman–Crippen MR) is 161 cm³/mol. The zero-order valence-corrected chi connectivity index (χ0v) is 23.5. The average Bonchev–Trinajstić information content (AvgIpc) is 3.69. The number of hydrogen-bond acceptors (Lipinski definition) is 9. The normalized spacial score (nSPS) is 19.2. The number of hydroxylamine groups is 1. The lowest BCUT2D eigenvalue weighted by molar-refractivity contribution is -0.111. The molecule has 6 rings (SSSR count). The Morgan fingerprint density at radius 2 is 1.88 bits per heavy atom. The van der Waals surface area contributed by atoms with E-state index in [2.05, 4.69) is 49.1 Å². The lowest BCUT2D eigenvalue weighted by atomic mass is 10.0. The quantitative estimate of drug-likeness (QED) is 0.343. The molecule has 10 nitrogen and oxygen atoms in total. The van der Waals surface area contributed by atoms with Crippen LogP contribution in [0.3, 0.4) is 0 Å². The molecule has 1 atom stereocenters. The Balaban J connectivity index is 1.24. The fourth-order valence-electron chi connectivity index (χ4n) is 5.56. The van der Waals surface area contributed by atoms with E-state index in [4.69, 9.17) is 9.57 Å². The van der Waals surface area contributed by atoms with Crippen molar-refractivity contribution in [2.24, 2.45) is 5.92 Å². The van der Waals surface area contributed by atoms with E-state index >= 15 is 0 Å². The van der Waals surface area contributed by atoms with E-state index in [1.165, 1.54) is 37.4 Å². The van der Waals surface area contributed by atoms with Gasteiger partial charge >= 0.3 is 0 Å². The smallest absolute Gasteiger partial charge is 0.247 e. The SMILES string of the molecule is C=CC(=O)Nc1cc(Nc2cc(N3OCCC3c3ccccc3)ncn2)c(OC)cc1N1CCN(CC2CC2)CC1. The maximum atomic E-state index is 12.4. The summed E-state index contributed by atoms with van der Waals surface area (Å²) in [5, 5.41) is 8.23. The van der Waals surface area contributed by atoms with Crippen LogP contribution in [0.25, 0.3) is 0 Å². The molecule has 1 saturated carbocycles. The minimum atomic E-state index is -0.266. The van der Waals surface area contributed by atoms with Crippen molar-refractivity contribution in [2.75, 3.05) is 67.0 Å². The Hall–Kier alpha value is -4.15. The molecular weight excluding hydrogens is 518 g/mol. The van der Waals surface area contributed by atoms with Gasteiger partial charge in [0.15, 0.2) is 5.82 Å². The van der Waals surface area contributed by atoms with E-state index < -0.39 is 0 Å². The minimum Gasteiger partial charge on any atom is -0.494 e. The van der Waals surface area contributed by atoms with Gasteiger partial charge in [0.1, 0.15) is 17.9 Å². The zero-order valence-electron chi connectivity index (χ0n) is 23.5. The second-order valence-electron chi connectivity index (χ2n) is 10.8. The van der Waals surface area contributed by atoms with Gasteiger partial charge in [0, 0.05) is 51.3 Å². The monoisotopic (exact) mass is 555 g/mol. The Morgan fingerprint density at radius 3 is 2.61 bits per heavy atom. The van der Waals surface area contributed by atoms with Gasteiger partial charge in [0.2, 0.25) is 5.91 Å². The molecule has 41 heavy (non-hydrogen) atoms. The lowest BCUT2D eigenvalue weighted by Gasteiger charge is -2.37. The van der Waals surface area contributed by atoms with Crippen LogP contribution in [0.1, 0.15) is 30.9 Å². The summed E-state index contributed by atoms with van der Waals surface area (Å²) >= 11 is 0. The second-order valence-corrected chi connectivity index (χ2v) is 10.8. The van der Waals surface area contributed by atoms with E-state index in [9.17, 15) is 4.79 Å². The van der Waals surface area contributed by atoms with Crippen molar-refractivity contribution in [3.8, 4) is 5.75 Å². The lowest BCUT2D eigenvalue weighted by Crippen LogP contribution is -2.47. The molecule has 0 bridgehead atoms. The fraction of sp³-hybridized carbons (Fsp3) is 0.387. The number of ether oxygens (including phenoxy) is 1. The molecule has 0 radical (unpaired) electrons. The Labute approximate surface area is 240 Å². The first-order valence-corrected chi connectivity index (χ1v) is 14.3. The maximum absolute atomic E-state index is 12.4. The third-order valence-corrected chi connectivity index (χ3v) is 7.92. The average molecular weight is 556 g/mol. The van der Waals surface area contributed by atoms with Gasteiger partial charge in [0.25, 0.3) is 0 Å². The van der Waals surface area contributed by atoms with Gasteiger partial charge in [-0.1, -0.05) is 36.9 Å². The summed E-state index contributed by atoms with van der Waals surface area (Å²) in [6.07, 6.45) is 6.38. The standard InChI is InChI=1S/C31H37N7O3/c1-3-31(39)35-24-17-25(28(40-2)18-27(24)37-14-12-36(13-15-37)20-22-9-10-22)34-29-19-30(33-21-32-29)38-26(11-16-41-38)23-7-5-4-6-8-23/h3-8,17-19,21-22,26H,1,9-16,20H2,2H3,(H,35,39)(H,32,33,34). The van der Waals surface area contributed by atoms with Crippen LogP contribution in [-0.4, -0.2) is 67.2 Å². The molecule has 3 aromatic rings. The van der Waals surface area contributed by atoms with Crippen molar-refractivity contribution in [1.82, 2.24) is 14.9 Å². The highest BCUT2D eigenvalue weighted by Crippen LogP contribution is 2.40. The number of hydrogen-bond donors (Lipinski definition) is 2. The van der Waals surface area contributed by atoms with Gasteiger partial charge in [-0.2, -0.15) is 0 Å². The number of methoxy groups -OCH3 is 1. The van der Waals surface area contributed by atoms with Crippen molar-refractivity contribution in [1.29, 1.82) is 0 Å². The molecule has 3 aliphatic rings. The van der Waals surface area contributed by atoms with Gasteiger partial charge in [-0.25, -0.2) is 15.0 Å². The highest BCUT2D eigenvalue weighted by Gasteiger charge is 2.30. The number of carbonyl (C=O) groups excluding carboxylic acids is 1. The summed E-state index contributed by atoms with van der Waals surface area (Å²) in [5.41, 5.74) is 3.46. The van der Waals surface area contributed by atoms with Crippen molar-refractivity contribution < 1.29 is 14.4 Å². The van der Waals surface area contributed by atoms with Crippen LogP contribution in [0.2, 0.25) is 0 Å². The van der Waals surface area contributed by atoms with Crippen LogP contribution in [0.4, 0.5) is 28.7 Å². The highest BCUT2D eigenvalue weighted by molar-refractivity contribution is 6.02. The first-order chi connectivity index (χ1) is 20.1. The van der Waals surface area contributed by atoms with Gasteiger partial charge in [-0.05, 0) is 36.5 Å². The molecule has 1 unspecified atom stereocenters. The molecule has 2 N–H and O–H groups in total. The fourth-order valence-corrected chi connectivity index (χ4v) is 5.56. The molecule has 1 amide bonds. The molecule has 214 valence electrons. The van der Waals surface area contributed by atoms with Crippen LogP contribution in [0.5, 0.6) is 5.75 Å². The molecule has 3 fully saturated rings. The number of nitrogens with one attached hydrogen (secondary N) is 2. The number of amides is 1. The molecule has 2 saturated heterocycles. The van der Waals surface area contributed by atoms with Gasteiger partial charge in [0.05, 0.1) is 36.8 Å².